The molecule has 6 nitrogen and oxygen atoms in total. The maximum Gasteiger partial charge on any atom is 0.321 e. The molecule has 0 aliphatic heterocycles. The van der Waals surface area contributed by atoms with Crippen molar-refractivity contribution in [2.24, 2.45) is 5.41 Å². The van der Waals surface area contributed by atoms with Gasteiger partial charge in [0, 0.05) is 18.7 Å². The number of rotatable bonds is 7. The number of esters is 1. The summed E-state index contributed by atoms with van der Waals surface area (Å²) in [7, 11) is 1.56. The summed E-state index contributed by atoms with van der Waals surface area (Å²) in [6.07, 6.45) is 4.38. The Morgan fingerprint density at radius 3 is 2.46 bits per heavy atom. The highest BCUT2D eigenvalue weighted by Crippen LogP contribution is 2.38. The van der Waals surface area contributed by atoms with E-state index in [-0.39, 0.29) is 24.8 Å². The Kier molecular flexibility index (Phi) is 6.55. The third kappa shape index (κ3) is 3.95. The topological polar surface area (TPSA) is 72.9 Å². The van der Waals surface area contributed by atoms with Gasteiger partial charge in [0.2, 0.25) is 0 Å². The zero-order chi connectivity index (χ0) is 19.2. The highest BCUT2D eigenvalue weighted by Gasteiger charge is 2.51. The number of ketones is 1. The molecular weight excluding hydrogens is 334 g/mol. The molecule has 1 aliphatic rings. The van der Waals surface area contributed by atoms with Crippen LogP contribution in [0.4, 0.5) is 5.69 Å². The second-order valence-electron chi connectivity index (χ2n) is 6.20. The molecule has 26 heavy (non-hydrogen) atoms. The first kappa shape index (κ1) is 19.7. The van der Waals surface area contributed by atoms with E-state index in [1.165, 1.54) is 11.0 Å². The average Bonchev–Trinajstić information content (AvgIpc) is 3.02. The largest absolute Gasteiger partial charge is 0.497 e. The second-order valence-corrected chi connectivity index (χ2v) is 6.20. The van der Waals surface area contributed by atoms with E-state index >= 15 is 0 Å². The lowest BCUT2D eigenvalue weighted by Crippen LogP contribution is -2.48. The van der Waals surface area contributed by atoms with Crippen LogP contribution < -0.4 is 9.64 Å². The zero-order valence-corrected chi connectivity index (χ0v) is 15.5. The van der Waals surface area contributed by atoms with Crippen LogP contribution in [0.5, 0.6) is 5.75 Å². The first-order valence-corrected chi connectivity index (χ1v) is 8.77. The molecule has 1 unspecified atom stereocenters. The average molecular weight is 359 g/mol. The maximum absolute atomic E-state index is 12.7. The van der Waals surface area contributed by atoms with E-state index in [9.17, 15) is 14.4 Å². The van der Waals surface area contributed by atoms with E-state index in [1.54, 1.807) is 51.3 Å². The molecule has 1 atom stereocenters. The number of allylic oxidation sites excluding steroid dienone is 1. The second kappa shape index (κ2) is 8.65. The fourth-order valence-electron chi connectivity index (χ4n) is 3.21. The van der Waals surface area contributed by atoms with Crippen LogP contribution in [0.2, 0.25) is 0 Å². The van der Waals surface area contributed by atoms with E-state index in [0.717, 1.165) is 0 Å². The fourth-order valence-corrected chi connectivity index (χ4v) is 3.21. The third-order valence-electron chi connectivity index (χ3n) is 4.59. The van der Waals surface area contributed by atoms with Gasteiger partial charge < -0.3 is 14.4 Å². The molecule has 0 spiro atoms. The van der Waals surface area contributed by atoms with E-state index in [2.05, 4.69) is 0 Å². The number of carbonyl (C=O) groups excluding carboxylic acids is 3. The van der Waals surface area contributed by atoms with Crippen LogP contribution >= 0.6 is 0 Å². The number of hydrogen-bond acceptors (Lipinski definition) is 5. The Bertz CT molecular complexity index is 695. The number of benzene rings is 1. The number of anilines is 1. The Morgan fingerprint density at radius 2 is 1.96 bits per heavy atom. The van der Waals surface area contributed by atoms with Gasteiger partial charge in [0.1, 0.15) is 11.2 Å². The summed E-state index contributed by atoms with van der Waals surface area (Å²) in [6.45, 7) is 3.61. The van der Waals surface area contributed by atoms with Crippen LogP contribution in [0.25, 0.3) is 0 Å². The summed E-state index contributed by atoms with van der Waals surface area (Å²) >= 11 is 0. The number of hydrogen-bond donors (Lipinski definition) is 0. The Hall–Kier alpha value is -2.63. The van der Waals surface area contributed by atoms with Gasteiger partial charge in [0.25, 0.3) is 5.91 Å². The molecule has 0 saturated heterocycles. The Balaban J connectivity index is 2.41. The molecule has 0 aromatic heterocycles. The van der Waals surface area contributed by atoms with Gasteiger partial charge in [-0.05, 0) is 57.0 Å². The summed E-state index contributed by atoms with van der Waals surface area (Å²) < 4.78 is 10.3. The fraction of sp³-hybridized carbons (Fsp3) is 0.450. The van der Waals surface area contributed by atoms with Crippen molar-refractivity contribution in [3.8, 4) is 5.75 Å². The summed E-state index contributed by atoms with van der Waals surface area (Å²) in [6, 6.07) is 6.94. The number of amides is 1. The molecule has 1 fully saturated rings. The molecule has 0 bridgehead atoms. The Morgan fingerprint density at radius 1 is 1.27 bits per heavy atom. The van der Waals surface area contributed by atoms with Crippen LogP contribution in [-0.2, 0) is 19.1 Å². The third-order valence-corrected chi connectivity index (χ3v) is 4.59. The number of nitrogens with zero attached hydrogens (tertiary/aromatic N) is 1. The number of carbonyl (C=O) groups is 3. The molecule has 6 heteroatoms. The minimum Gasteiger partial charge on any atom is -0.497 e. The van der Waals surface area contributed by atoms with Crippen molar-refractivity contribution in [1.29, 1.82) is 0 Å². The first-order chi connectivity index (χ1) is 12.5. The molecule has 1 aromatic rings. The molecular formula is C20H25NO5. The molecule has 0 radical (unpaired) electrons. The predicted octanol–water partition coefficient (Wildman–Crippen LogP) is 2.91. The smallest absolute Gasteiger partial charge is 0.321 e. The van der Waals surface area contributed by atoms with Crippen LogP contribution in [0.15, 0.2) is 36.4 Å². The molecule has 1 aromatic carbocycles. The highest BCUT2D eigenvalue weighted by atomic mass is 16.5. The van der Waals surface area contributed by atoms with Gasteiger partial charge in [-0.1, -0.05) is 6.08 Å². The molecule has 2 rings (SSSR count). The van der Waals surface area contributed by atoms with Crippen molar-refractivity contribution >= 4 is 23.3 Å². The van der Waals surface area contributed by atoms with Crippen molar-refractivity contribution < 1.29 is 23.9 Å². The lowest BCUT2D eigenvalue weighted by molar-refractivity contribution is -0.158. The first-order valence-electron chi connectivity index (χ1n) is 8.77. The molecule has 1 aliphatic carbocycles. The minimum absolute atomic E-state index is 0.0276. The molecule has 0 N–H and O–H groups in total. The van der Waals surface area contributed by atoms with Crippen molar-refractivity contribution in [2.75, 3.05) is 25.2 Å². The lowest BCUT2D eigenvalue weighted by atomic mass is 9.84. The van der Waals surface area contributed by atoms with Gasteiger partial charge in [0.05, 0.1) is 13.7 Å². The predicted molar refractivity (Wildman–Crippen MR) is 98.1 cm³/mol. The molecule has 0 heterocycles. The van der Waals surface area contributed by atoms with Gasteiger partial charge in [0.15, 0.2) is 5.78 Å². The summed E-state index contributed by atoms with van der Waals surface area (Å²) in [5.74, 6) is -0.345. The quantitative estimate of drug-likeness (QED) is 0.425. The van der Waals surface area contributed by atoms with Gasteiger partial charge in [-0.25, -0.2) is 0 Å². The lowest BCUT2D eigenvalue weighted by Gasteiger charge is -2.32. The highest BCUT2D eigenvalue weighted by molar-refractivity contribution is 6.08. The van der Waals surface area contributed by atoms with Crippen molar-refractivity contribution in [1.82, 2.24) is 0 Å². The van der Waals surface area contributed by atoms with Crippen LogP contribution in [0.1, 0.15) is 33.1 Å². The van der Waals surface area contributed by atoms with Gasteiger partial charge in [-0.15, -0.1) is 0 Å². The zero-order valence-electron chi connectivity index (χ0n) is 15.5. The van der Waals surface area contributed by atoms with Crippen LogP contribution in [-0.4, -0.2) is 37.9 Å². The van der Waals surface area contributed by atoms with Gasteiger partial charge >= 0.3 is 5.97 Å². The summed E-state index contributed by atoms with van der Waals surface area (Å²) in [5, 5.41) is 0. The standard InChI is InChI=1S/C20H25NO5/c1-4-7-18(23)21(15-9-11-16(25-3)12-10-15)14-20(19(24)26-5-2)13-6-8-17(20)22/h4,7,9-12H,5-6,8,13-14H2,1-3H3/b7-4+. The SMILES string of the molecule is C/C=C/C(=O)N(CC1(C(=O)OCC)CCCC1=O)c1ccc(OC)cc1. The van der Waals surface area contributed by atoms with Crippen molar-refractivity contribution in [3.63, 3.8) is 0 Å². The number of methoxy groups -OCH3 is 1. The summed E-state index contributed by atoms with van der Waals surface area (Å²) in [4.78, 5) is 39.3. The van der Waals surface area contributed by atoms with Gasteiger partial charge in [-0.2, -0.15) is 0 Å². The molecule has 140 valence electrons. The normalized spacial score (nSPS) is 19.6. The van der Waals surface area contributed by atoms with Crippen LogP contribution in [0.3, 0.4) is 0 Å². The van der Waals surface area contributed by atoms with E-state index in [1.807, 2.05) is 0 Å². The monoisotopic (exact) mass is 359 g/mol. The van der Waals surface area contributed by atoms with E-state index < -0.39 is 11.4 Å². The van der Waals surface area contributed by atoms with E-state index in [4.69, 9.17) is 9.47 Å². The van der Waals surface area contributed by atoms with Gasteiger partial charge in [-0.3, -0.25) is 14.4 Å². The maximum atomic E-state index is 12.7. The number of ether oxygens (including phenoxy) is 2. The summed E-state index contributed by atoms with van der Waals surface area (Å²) in [5.41, 5.74) is -0.704. The number of Topliss-reactive ketones (excluding diaryl/α,β-unsaturated/α-hetero) is 1. The van der Waals surface area contributed by atoms with Crippen LogP contribution in [0, 0.1) is 5.41 Å². The Labute approximate surface area is 153 Å². The van der Waals surface area contributed by atoms with Crippen molar-refractivity contribution in [2.45, 2.75) is 33.1 Å². The molecule has 1 saturated carbocycles. The minimum atomic E-state index is -1.30. The van der Waals surface area contributed by atoms with E-state index in [0.29, 0.717) is 30.7 Å². The molecule has 1 amide bonds. The van der Waals surface area contributed by atoms with Crippen molar-refractivity contribution in [3.05, 3.63) is 36.4 Å².